The summed E-state index contributed by atoms with van der Waals surface area (Å²) in [6.45, 7) is 0. The Morgan fingerprint density at radius 2 is 2.31 bits per heavy atom. The summed E-state index contributed by atoms with van der Waals surface area (Å²) < 4.78 is 0. The van der Waals surface area contributed by atoms with Gasteiger partial charge in [0.1, 0.15) is 7.85 Å². The van der Waals surface area contributed by atoms with Crippen LogP contribution in [0.15, 0.2) is 0 Å². The minimum Gasteiger partial charge on any atom is -0.405 e. The van der Waals surface area contributed by atoms with Gasteiger partial charge in [0.05, 0.1) is 5.94 Å². The third-order valence-electron chi connectivity index (χ3n) is 2.03. The third kappa shape index (κ3) is 3.87. The Labute approximate surface area is 88.8 Å². The Bertz CT molecular complexity index is 178. The van der Waals surface area contributed by atoms with Crippen LogP contribution in [0.25, 0.3) is 0 Å². The lowest BCUT2D eigenvalue weighted by atomic mass is 9.94. The molecule has 0 aromatic rings. The predicted molar refractivity (Wildman–Crippen MR) is 65.5 cm³/mol. The van der Waals surface area contributed by atoms with Crippen LogP contribution >= 0.6 is 21.6 Å². The minimum atomic E-state index is -0.0706. The second kappa shape index (κ2) is 5.88. The fourth-order valence-corrected chi connectivity index (χ4v) is 3.69. The molecule has 1 aliphatic heterocycles. The van der Waals surface area contributed by atoms with E-state index in [0.717, 1.165) is 5.75 Å². The molecule has 72 valence electrons. The maximum atomic E-state index is 11.2. The highest BCUT2D eigenvalue weighted by Crippen LogP contribution is 2.29. The van der Waals surface area contributed by atoms with Gasteiger partial charge in [-0.1, -0.05) is 21.6 Å². The number of amides is 1. The number of carbonyl (C=O) groups excluding carboxylic acids is 1. The molecule has 1 amide bonds. The maximum Gasteiger partial charge on any atom is 0.217 e. The Morgan fingerprint density at radius 1 is 1.54 bits per heavy atom. The maximum absolute atomic E-state index is 11.2. The van der Waals surface area contributed by atoms with Crippen LogP contribution in [0.1, 0.15) is 6.42 Å². The van der Waals surface area contributed by atoms with E-state index in [1.54, 1.807) is 7.98 Å². The standard InChI is InChI=1S/C6H14B2N2OS2/c7-5(6(11)10-8)9-4-1-2-12-13-3-4/h4-5,9H,1-3,7-8H2,(H,10,11). The summed E-state index contributed by atoms with van der Waals surface area (Å²) in [5.74, 6) is 2.29. The summed E-state index contributed by atoms with van der Waals surface area (Å²) >= 11 is 0. The zero-order valence-electron chi connectivity index (χ0n) is 8.00. The average Bonchev–Trinajstić information content (AvgIpc) is 2.18. The molecule has 0 aromatic heterocycles. The fourth-order valence-electron chi connectivity index (χ4n) is 1.24. The van der Waals surface area contributed by atoms with Crippen molar-refractivity contribution >= 4 is 43.3 Å². The Balaban J connectivity index is 2.25. The van der Waals surface area contributed by atoms with Crippen LogP contribution in [-0.4, -0.2) is 45.2 Å². The number of nitrogens with one attached hydrogen (secondary N) is 2. The van der Waals surface area contributed by atoms with E-state index in [-0.39, 0.29) is 11.8 Å². The summed E-state index contributed by atoms with van der Waals surface area (Å²) in [5.41, 5.74) is 0. The third-order valence-corrected chi connectivity index (χ3v) is 4.54. The van der Waals surface area contributed by atoms with Crippen molar-refractivity contribution in [2.75, 3.05) is 11.5 Å². The largest absolute Gasteiger partial charge is 0.405 e. The van der Waals surface area contributed by atoms with Gasteiger partial charge in [0, 0.05) is 17.5 Å². The van der Waals surface area contributed by atoms with E-state index in [1.165, 1.54) is 12.2 Å². The van der Waals surface area contributed by atoms with Crippen LogP contribution in [-0.2, 0) is 4.79 Å². The fraction of sp³-hybridized carbons (Fsp3) is 0.833. The van der Waals surface area contributed by atoms with E-state index < -0.39 is 0 Å². The molecule has 2 unspecified atom stereocenters. The van der Waals surface area contributed by atoms with Crippen LogP contribution in [0, 0.1) is 0 Å². The van der Waals surface area contributed by atoms with Crippen molar-refractivity contribution in [3.8, 4) is 0 Å². The van der Waals surface area contributed by atoms with E-state index in [0.29, 0.717) is 6.04 Å². The van der Waals surface area contributed by atoms with E-state index in [9.17, 15) is 4.79 Å². The highest BCUT2D eigenvalue weighted by atomic mass is 33.1. The van der Waals surface area contributed by atoms with Gasteiger partial charge in [0.2, 0.25) is 13.9 Å². The molecular weight excluding hydrogens is 202 g/mol. The quantitative estimate of drug-likeness (QED) is 0.438. The first-order valence-electron chi connectivity index (χ1n) is 4.46. The molecule has 0 aromatic carbocycles. The van der Waals surface area contributed by atoms with Gasteiger partial charge in [-0.2, -0.15) is 0 Å². The Hall–Kier alpha value is 0.260. The zero-order valence-corrected chi connectivity index (χ0v) is 9.63. The molecule has 0 saturated carbocycles. The van der Waals surface area contributed by atoms with Crippen LogP contribution in [0.2, 0.25) is 0 Å². The summed E-state index contributed by atoms with van der Waals surface area (Å²) in [4.78, 5) is 11.2. The Kier molecular flexibility index (Phi) is 5.13. The number of hydrogen-bond donors (Lipinski definition) is 2. The van der Waals surface area contributed by atoms with Gasteiger partial charge in [-0.15, -0.1) is 0 Å². The molecule has 2 N–H and O–H groups in total. The van der Waals surface area contributed by atoms with Crippen LogP contribution in [0.4, 0.5) is 0 Å². The molecule has 1 aliphatic rings. The molecule has 0 aliphatic carbocycles. The second-order valence-electron chi connectivity index (χ2n) is 3.09. The molecule has 2 atom stereocenters. The lowest BCUT2D eigenvalue weighted by Crippen LogP contribution is -2.49. The second-order valence-corrected chi connectivity index (χ2v) is 5.72. The summed E-state index contributed by atoms with van der Waals surface area (Å²) in [6.07, 6.45) is 1.17. The van der Waals surface area contributed by atoms with Gasteiger partial charge in [0.15, 0.2) is 0 Å². The molecule has 13 heavy (non-hydrogen) atoms. The smallest absolute Gasteiger partial charge is 0.217 e. The van der Waals surface area contributed by atoms with Gasteiger partial charge in [-0.3, -0.25) is 4.79 Å². The van der Waals surface area contributed by atoms with Gasteiger partial charge < -0.3 is 10.5 Å². The lowest BCUT2D eigenvalue weighted by molar-refractivity contribution is -0.119. The summed E-state index contributed by atoms with van der Waals surface area (Å²) in [7, 11) is 7.38. The predicted octanol–water partition coefficient (Wildman–Crippen LogP) is -1.65. The summed E-state index contributed by atoms with van der Waals surface area (Å²) in [5, 5.41) is 5.96. The van der Waals surface area contributed by atoms with E-state index in [1.807, 2.05) is 29.4 Å². The first kappa shape index (κ1) is 11.3. The van der Waals surface area contributed by atoms with Crippen molar-refractivity contribution in [3.63, 3.8) is 0 Å². The monoisotopic (exact) mass is 216 g/mol. The van der Waals surface area contributed by atoms with Crippen molar-refractivity contribution < 1.29 is 4.79 Å². The van der Waals surface area contributed by atoms with Crippen molar-refractivity contribution in [1.29, 1.82) is 0 Å². The van der Waals surface area contributed by atoms with E-state index in [2.05, 4.69) is 10.5 Å². The van der Waals surface area contributed by atoms with Gasteiger partial charge in [0.25, 0.3) is 0 Å². The van der Waals surface area contributed by atoms with Crippen LogP contribution < -0.4 is 10.5 Å². The molecular formula is C6H14B2N2OS2. The van der Waals surface area contributed by atoms with Crippen LogP contribution in [0.3, 0.4) is 0 Å². The highest BCUT2D eigenvalue weighted by molar-refractivity contribution is 8.76. The minimum absolute atomic E-state index is 0.0706. The van der Waals surface area contributed by atoms with E-state index in [4.69, 9.17) is 0 Å². The van der Waals surface area contributed by atoms with Gasteiger partial charge in [-0.25, -0.2) is 0 Å². The molecule has 1 saturated heterocycles. The number of carbonyl (C=O) groups is 1. The topological polar surface area (TPSA) is 41.1 Å². The lowest BCUT2D eigenvalue weighted by Gasteiger charge is -2.25. The first-order chi connectivity index (χ1) is 6.24. The average molecular weight is 216 g/mol. The molecule has 0 spiro atoms. The molecule has 0 bridgehead atoms. The SMILES string of the molecule is BNC(=O)C(B)NC1CCSSC1. The molecule has 1 rings (SSSR count). The Morgan fingerprint density at radius 3 is 2.85 bits per heavy atom. The van der Waals surface area contributed by atoms with Gasteiger partial charge in [-0.05, 0) is 6.42 Å². The van der Waals surface area contributed by atoms with Crippen molar-refractivity contribution in [2.24, 2.45) is 0 Å². The number of hydrogen-bond acceptors (Lipinski definition) is 4. The zero-order chi connectivity index (χ0) is 9.68. The van der Waals surface area contributed by atoms with Gasteiger partial charge >= 0.3 is 0 Å². The molecule has 1 fully saturated rings. The number of rotatable bonds is 3. The molecule has 3 nitrogen and oxygen atoms in total. The summed E-state index contributed by atoms with van der Waals surface area (Å²) in [6, 6.07) is 0.499. The molecule has 7 heteroatoms. The highest BCUT2D eigenvalue weighted by Gasteiger charge is 2.18. The first-order valence-corrected chi connectivity index (χ1v) is 6.95. The van der Waals surface area contributed by atoms with E-state index >= 15 is 0 Å². The van der Waals surface area contributed by atoms with Crippen molar-refractivity contribution in [2.45, 2.75) is 18.4 Å². The molecule has 0 radical (unpaired) electrons. The van der Waals surface area contributed by atoms with Crippen molar-refractivity contribution in [1.82, 2.24) is 10.5 Å². The van der Waals surface area contributed by atoms with Crippen LogP contribution in [0.5, 0.6) is 0 Å². The normalized spacial score (nSPS) is 25.1. The van der Waals surface area contributed by atoms with Crippen molar-refractivity contribution in [3.05, 3.63) is 0 Å². The molecule has 1 heterocycles.